The van der Waals surface area contributed by atoms with Crippen molar-refractivity contribution in [1.29, 1.82) is 0 Å². The second-order valence-corrected chi connectivity index (χ2v) is 9.21. The van der Waals surface area contributed by atoms with Crippen LogP contribution in [-0.2, 0) is 4.74 Å². The predicted molar refractivity (Wildman–Crippen MR) is 137 cm³/mol. The van der Waals surface area contributed by atoms with Crippen LogP contribution in [0.4, 0.5) is 21.6 Å². The third-order valence-corrected chi connectivity index (χ3v) is 6.90. The highest BCUT2D eigenvalue weighted by Crippen LogP contribution is 2.30. The molecule has 2 fully saturated rings. The predicted octanol–water partition coefficient (Wildman–Crippen LogP) is 3.43. The van der Waals surface area contributed by atoms with Crippen molar-refractivity contribution in [1.82, 2.24) is 25.1 Å². The van der Waals surface area contributed by atoms with E-state index >= 15 is 4.39 Å². The number of benzene rings is 1. The third kappa shape index (κ3) is 4.45. The smallest absolute Gasteiger partial charge is 0.259 e. The van der Waals surface area contributed by atoms with Gasteiger partial charge in [0.2, 0.25) is 0 Å². The Labute approximate surface area is 207 Å². The average Bonchev–Trinajstić information content (AvgIpc) is 3.40. The lowest BCUT2D eigenvalue weighted by Crippen LogP contribution is -2.36. The fourth-order valence-corrected chi connectivity index (χ4v) is 4.98. The van der Waals surface area contributed by atoms with Gasteiger partial charge in [0.05, 0.1) is 42.2 Å². The number of aromatic nitrogens is 4. The molecular formula is C26H28FN7O2. The lowest BCUT2D eigenvalue weighted by molar-refractivity contribution is 0.122. The Bertz CT molecular complexity index is 1440. The molecule has 0 atom stereocenters. The third-order valence-electron chi connectivity index (χ3n) is 6.90. The number of nitrogens with zero attached hydrogens (tertiary/aromatic N) is 4. The topological polar surface area (TPSA) is 100 Å². The molecule has 0 unspecified atom stereocenters. The Hall–Kier alpha value is -3.76. The highest BCUT2D eigenvalue weighted by atomic mass is 19.1. The van der Waals surface area contributed by atoms with E-state index in [1.54, 1.807) is 18.3 Å². The molecule has 5 heterocycles. The molecule has 3 N–H and O–H groups in total. The van der Waals surface area contributed by atoms with Gasteiger partial charge >= 0.3 is 0 Å². The van der Waals surface area contributed by atoms with Crippen molar-refractivity contribution < 1.29 is 9.13 Å². The molecule has 4 aromatic rings. The van der Waals surface area contributed by atoms with Crippen LogP contribution in [0.25, 0.3) is 22.0 Å². The number of hydrogen-bond acceptors (Lipinski definition) is 7. The van der Waals surface area contributed by atoms with Gasteiger partial charge in [0.15, 0.2) is 0 Å². The number of morpholine rings is 1. The Balaban J connectivity index is 1.35. The first-order valence-electron chi connectivity index (χ1n) is 12.3. The first-order chi connectivity index (χ1) is 17.7. The van der Waals surface area contributed by atoms with Crippen LogP contribution in [0, 0.1) is 5.82 Å². The zero-order chi connectivity index (χ0) is 24.5. The number of aromatic amines is 1. The van der Waals surface area contributed by atoms with Gasteiger partial charge in [-0.2, -0.15) is 5.10 Å². The van der Waals surface area contributed by atoms with Gasteiger partial charge < -0.3 is 25.3 Å². The number of rotatable bonds is 5. The minimum atomic E-state index is -0.334. The molecule has 0 bridgehead atoms. The minimum absolute atomic E-state index is 0.259. The van der Waals surface area contributed by atoms with Crippen molar-refractivity contribution in [3.63, 3.8) is 0 Å². The van der Waals surface area contributed by atoms with Crippen LogP contribution in [0.1, 0.15) is 18.9 Å². The van der Waals surface area contributed by atoms with Crippen molar-refractivity contribution in [2.45, 2.75) is 18.9 Å². The highest BCUT2D eigenvalue weighted by molar-refractivity contribution is 5.95. The van der Waals surface area contributed by atoms with Crippen LogP contribution in [0.5, 0.6) is 0 Å². The van der Waals surface area contributed by atoms with E-state index in [2.05, 4.69) is 20.7 Å². The minimum Gasteiger partial charge on any atom is -0.378 e. The monoisotopic (exact) mass is 489 g/mol. The van der Waals surface area contributed by atoms with Crippen molar-refractivity contribution in [2.75, 3.05) is 49.6 Å². The van der Waals surface area contributed by atoms with Crippen molar-refractivity contribution >= 4 is 28.0 Å². The molecule has 0 radical (unpaired) electrons. The quantitative estimate of drug-likeness (QED) is 0.395. The molecular weight excluding hydrogens is 461 g/mol. The summed E-state index contributed by atoms with van der Waals surface area (Å²) in [5.74, 6) is 0.0389. The second kappa shape index (κ2) is 9.71. The first kappa shape index (κ1) is 22.7. The Morgan fingerprint density at radius 1 is 1.11 bits per heavy atom. The molecule has 36 heavy (non-hydrogen) atoms. The average molecular weight is 490 g/mol. The van der Waals surface area contributed by atoms with Crippen molar-refractivity contribution in [3.8, 4) is 11.3 Å². The molecule has 9 nitrogen and oxygen atoms in total. The van der Waals surface area contributed by atoms with Crippen LogP contribution >= 0.6 is 0 Å². The first-order valence-corrected chi connectivity index (χ1v) is 12.3. The lowest BCUT2D eigenvalue weighted by Gasteiger charge is -2.29. The number of fused-ring (bicyclic) bond motifs is 1. The number of nitrogens with one attached hydrogen (secondary N) is 3. The number of H-pyrrole nitrogens is 1. The molecule has 2 aliphatic rings. The summed E-state index contributed by atoms with van der Waals surface area (Å²) in [5.41, 5.74) is 2.36. The van der Waals surface area contributed by atoms with E-state index in [-0.39, 0.29) is 11.4 Å². The zero-order valence-corrected chi connectivity index (χ0v) is 19.8. The van der Waals surface area contributed by atoms with E-state index in [1.807, 2.05) is 34.1 Å². The Kier molecular flexibility index (Phi) is 6.12. The molecule has 186 valence electrons. The van der Waals surface area contributed by atoms with Gasteiger partial charge in [0.25, 0.3) is 5.56 Å². The van der Waals surface area contributed by atoms with Gasteiger partial charge in [-0.05, 0) is 61.6 Å². The molecule has 2 aliphatic heterocycles. The van der Waals surface area contributed by atoms with Gasteiger partial charge in [-0.1, -0.05) is 0 Å². The maximum absolute atomic E-state index is 15.0. The summed E-state index contributed by atoms with van der Waals surface area (Å²) in [6.07, 6.45) is 7.50. The maximum Gasteiger partial charge on any atom is 0.259 e. The molecule has 0 aliphatic carbocycles. The van der Waals surface area contributed by atoms with Crippen LogP contribution in [0.2, 0.25) is 0 Å². The van der Waals surface area contributed by atoms with Crippen LogP contribution < -0.4 is 21.1 Å². The van der Waals surface area contributed by atoms with Crippen LogP contribution in [0.15, 0.2) is 53.7 Å². The maximum atomic E-state index is 15.0. The summed E-state index contributed by atoms with van der Waals surface area (Å²) in [5, 5.41) is 12.3. The fourth-order valence-electron chi connectivity index (χ4n) is 4.98. The molecule has 1 aromatic carbocycles. The molecule has 0 spiro atoms. The van der Waals surface area contributed by atoms with Gasteiger partial charge in [-0.15, -0.1) is 0 Å². The number of halogens is 1. The summed E-state index contributed by atoms with van der Waals surface area (Å²) < 4.78 is 22.4. The summed E-state index contributed by atoms with van der Waals surface area (Å²) in [4.78, 5) is 22.2. The summed E-state index contributed by atoms with van der Waals surface area (Å²) >= 11 is 0. The van der Waals surface area contributed by atoms with Gasteiger partial charge in [0, 0.05) is 36.7 Å². The molecule has 0 saturated carbocycles. The van der Waals surface area contributed by atoms with E-state index in [4.69, 9.17) is 9.72 Å². The van der Waals surface area contributed by atoms with Gasteiger partial charge in [-0.25, -0.2) is 9.37 Å². The van der Waals surface area contributed by atoms with Gasteiger partial charge in [-0.3, -0.25) is 9.48 Å². The fraction of sp³-hybridized carbons (Fsp3) is 0.346. The van der Waals surface area contributed by atoms with E-state index in [0.717, 1.165) is 36.9 Å². The second-order valence-electron chi connectivity index (χ2n) is 9.21. The van der Waals surface area contributed by atoms with E-state index < -0.39 is 0 Å². The Morgan fingerprint density at radius 3 is 2.75 bits per heavy atom. The normalized spacial score (nSPS) is 17.0. The van der Waals surface area contributed by atoms with Gasteiger partial charge in [0.1, 0.15) is 11.6 Å². The Morgan fingerprint density at radius 2 is 1.94 bits per heavy atom. The van der Waals surface area contributed by atoms with Crippen molar-refractivity contribution in [2.24, 2.45) is 0 Å². The molecule has 10 heteroatoms. The molecule has 0 amide bonds. The highest BCUT2D eigenvalue weighted by Gasteiger charge is 2.19. The summed E-state index contributed by atoms with van der Waals surface area (Å²) in [6.45, 7) is 4.42. The largest absolute Gasteiger partial charge is 0.378 e. The zero-order valence-electron chi connectivity index (χ0n) is 19.8. The summed E-state index contributed by atoms with van der Waals surface area (Å²) in [6, 6.07) is 9.09. The SMILES string of the molecule is O=c1[nH]ccc2cc(-c3cnn(C4CCNCC4)c3)nc(Nc3ccc(N4CCOCC4)c(F)c3)c12. The van der Waals surface area contributed by atoms with Crippen molar-refractivity contribution in [3.05, 3.63) is 65.1 Å². The van der Waals surface area contributed by atoms with E-state index in [1.165, 1.54) is 6.07 Å². The molecule has 6 rings (SSSR count). The van der Waals surface area contributed by atoms with E-state index in [0.29, 0.717) is 60.6 Å². The van der Waals surface area contributed by atoms with Crippen LogP contribution in [0.3, 0.4) is 0 Å². The summed E-state index contributed by atoms with van der Waals surface area (Å²) in [7, 11) is 0. The number of piperidine rings is 1. The number of ether oxygens (including phenoxy) is 1. The molecule has 2 saturated heterocycles. The number of pyridine rings is 2. The van der Waals surface area contributed by atoms with Crippen LogP contribution in [-0.4, -0.2) is 59.1 Å². The lowest BCUT2D eigenvalue weighted by atomic mass is 10.1. The van der Waals surface area contributed by atoms with E-state index in [9.17, 15) is 4.79 Å². The molecule has 3 aromatic heterocycles. The number of hydrogen-bond donors (Lipinski definition) is 3. The standard InChI is InChI=1S/C26H28FN7O2/c27-21-14-19(1-2-23(21)33-9-11-36-12-10-33)31-25-24-17(3-8-29-26(24)35)13-22(32-25)18-15-30-34(16-18)20-4-6-28-7-5-20/h1-3,8,13-16,20,28H,4-7,9-12H2,(H,29,35)(H,31,32). The number of anilines is 3.